The maximum absolute atomic E-state index is 11.6. The van der Waals surface area contributed by atoms with Gasteiger partial charge in [-0.25, -0.2) is 4.98 Å². The highest BCUT2D eigenvalue weighted by Crippen LogP contribution is 2.20. The van der Waals surface area contributed by atoms with E-state index in [1.165, 1.54) is 11.6 Å². The first kappa shape index (κ1) is 12.5. The number of nitrogens with zero attached hydrogens (tertiary/aromatic N) is 1. The Labute approximate surface area is 106 Å². The third-order valence-electron chi connectivity index (χ3n) is 2.72. The average Bonchev–Trinajstić information content (AvgIpc) is 2.28. The number of rotatable bonds is 3. The first-order chi connectivity index (χ1) is 8.60. The zero-order valence-corrected chi connectivity index (χ0v) is 10.8. The van der Waals surface area contributed by atoms with Crippen molar-refractivity contribution in [3.63, 3.8) is 0 Å². The fraction of sp³-hybridized carbons (Fsp3) is 0.286. The van der Waals surface area contributed by atoms with Gasteiger partial charge in [0, 0.05) is 18.7 Å². The normalized spacial score (nSPS) is 10.6. The molecule has 4 nitrogen and oxygen atoms in total. The van der Waals surface area contributed by atoms with Crippen molar-refractivity contribution in [2.24, 2.45) is 0 Å². The smallest absolute Gasteiger partial charge is 0.251 e. The number of benzene rings is 1. The van der Waals surface area contributed by atoms with Crippen molar-refractivity contribution in [1.82, 2.24) is 9.97 Å². The monoisotopic (exact) mass is 244 g/mol. The van der Waals surface area contributed by atoms with E-state index in [0.717, 1.165) is 11.1 Å². The Bertz CT molecular complexity index is 617. The van der Waals surface area contributed by atoms with E-state index in [1.807, 2.05) is 26.0 Å². The van der Waals surface area contributed by atoms with Crippen molar-refractivity contribution in [3.8, 4) is 11.4 Å². The molecular formula is C14H16N2O2. The van der Waals surface area contributed by atoms with Crippen LogP contribution >= 0.6 is 0 Å². The molecule has 0 spiro atoms. The highest BCUT2D eigenvalue weighted by Gasteiger charge is 2.06. The molecule has 0 fully saturated rings. The van der Waals surface area contributed by atoms with E-state index in [0.29, 0.717) is 18.1 Å². The summed E-state index contributed by atoms with van der Waals surface area (Å²) in [5.41, 5.74) is 3.69. The van der Waals surface area contributed by atoms with E-state index in [4.69, 9.17) is 4.74 Å². The van der Waals surface area contributed by atoms with Crippen LogP contribution in [0.2, 0.25) is 0 Å². The second kappa shape index (κ2) is 5.14. The maximum atomic E-state index is 11.6. The number of nitrogens with one attached hydrogen (secondary N) is 1. The van der Waals surface area contributed by atoms with Gasteiger partial charge in [0.25, 0.3) is 5.56 Å². The molecule has 1 N–H and O–H groups in total. The van der Waals surface area contributed by atoms with E-state index >= 15 is 0 Å². The predicted octanol–water partition coefficient (Wildman–Crippen LogP) is 2.20. The summed E-state index contributed by atoms with van der Waals surface area (Å²) in [4.78, 5) is 18.8. The van der Waals surface area contributed by atoms with Crippen molar-refractivity contribution in [1.29, 1.82) is 0 Å². The third kappa shape index (κ3) is 2.65. The zero-order chi connectivity index (χ0) is 13.1. The number of hydrogen-bond donors (Lipinski definition) is 1. The minimum atomic E-state index is -0.160. The molecular weight excluding hydrogens is 228 g/mol. The van der Waals surface area contributed by atoms with Crippen LogP contribution in [0.3, 0.4) is 0 Å². The lowest BCUT2D eigenvalue weighted by molar-refractivity contribution is 0.181. The molecule has 94 valence electrons. The van der Waals surface area contributed by atoms with Crippen molar-refractivity contribution < 1.29 is 4.74 Å². The number of aromatic amines is 1. The van der Waals surface area contributed by atoms with E-state index in [-0.39, 0.29) is 5.56 Å². The van der Waals surface area contributed by atoms with Gasteiger partial charge in [-0.2, -0.15) is 0 Å². The van der Waals surface area contributed by atoms with Crippen molar-refractivity contribution in [2.45, 2.75) is 20.5 Å². The first-order valence-corrected chi connectivity index (χ1v) is 5.77. The summed E-state index contributed by atoms with van der Waals surface area (Å²) in [6.07, 6.45) is 0. The van der Waals surface area contributed by atoms with Gasteiger partial charge in [0.15, 0.2) is 0 Å². The van der Waals surface area contributed by atoms with Crippen molar-refractivity contribution in [2.75, 3.05) is 7.11 Å². The average molecular weight is 244 g/mol. The molecule has 2 rings (SSSR count). The Kier molecular flexibility index (Phi) is 3.58. The fourth-order valence-electron chi connectivity index (χ4n) is 1.94. The molecule has 1 aromatic heterocycles. The van der Waals surface area contributed by atoms with Crippen molar-refractivity contribution in [3.05, 3.63) is 51.4 Å². The molecule has 1 aromatic carbocycles. The lowest BCUT2D eigenvalue weighted by atomic mass is 10.1. The van der Waals surface area contributed by atoms with Gasteiger partial charge in [0.1, 0.15) is 5.82 Å². The number of hydrogen-bond acceptors (Lipinski definition) is 3. The van der Waals surface area contributed by atoms with E-state index in [9.17, 15) is 4.79 Å². The number of ether oxygens (including phenoxy) is 1. The SMILES string of the molecule is COCc1cc(=O)[nH]c(-c2ccc(C)cc2C)n1. The molecule has 0 radical (unpaired) electrons. The quantitative estimate of drug-likeness (QED) is 0.900. The Morgan fingerprint density at radius 1 is 1.28 bits per heavy atom. The molecule has 1 heterocycles. The van der Waals surface area contributed by atoms with Crippen LogP contribution in [0, 0.1) is 13.8 Å². The van der Waals surface area contributed by atoms with Gasteiger partial charge in [0.05, 0.1) is 12.3 Å². The highest BCUT2D eigenvalue weighted by molar-refractivity contribution is 5.60. The molecule has 0 atom stereocenters. The van der Waals surface area contributed by atoms with Crippen molar-refractivity contribution >= 4 is 0 Å². The molecule has 2 aromatic rings. The van der Waals surface area contributed by atoms with E-state index < -0.39 is 0 Å². The summed E-state index contributed by atoms with van der Waals surface area (Å²) in [5.74, 6) is 0.590. The molecule has 0 unspecified atom stereocenters. The number of H-pyrrole nitrogens is 1. The molecule has 0 aliphatic rings. The van der Waals surface area contributed by atoms with Crippen LogP contribution in [0.15, 0.2) is 29.1 Å². The topological polar surface area (TPSA) is 55.0 Å². The zero-order valence-electron chi connectivity index (χ0n) is 10.8. The van der Waals surface area contributed by atoms with Gasteiger partial charge in [0.2, 0.25) is 0 Å². The van der Waals surface area contributed by atoms with Crippen LogP contribution in [0.25, 0.3) is 11.4 Å². The molecule has 0 saturated heterocycles. The lowest BCUT2D eigenvalue weighted by Crippen LogP contribution is -2.11. The predicted molar refractivity (Wildman–Crippen MR) is 70.5 cm³/mol. The lowest BCUT2D eigenvalue weighted by Gasteiger charge is -2.07. The summed E-state index contributed by atoms with van der Waals surface area (Å²) >= 11 is 0. The molecule has 0 amide bonds. The second-order valence-corrected chi connectivity index (χ2v) is 4.34. The van der Waals surface area contributed by atoms with Crippen LogP contribution in [0.4, 0.5) is 0 Å². The van der Waals surface area contributed by atoms with Crippen LogP contribution in [0.5, 0.6) is 0 Å². The highest BCUT2D eigenvalue weighted by atomic mass is 16.5. The Morgan fingerprint density at radius 3 is 2.72 bits per heavy atom. The van der Waals surface area contributed by atoms with Crippen LogP contribution in [-0.4, -0.2) is 17.1 Å². The Balaban J connectivity index is 2.53. The number of aromatic nitrogens is 2. The minimum Gasteiger partial charge on any atom is -0.378 e. The van der Waals surface area contributed by atoms with Gasteiger partial charge < -0.3 is 9.72 Å². The largest absolute Gasteiger partial charge is 0.378 e. The van der Waals surface area contributed by atoms with E-state index in [2.05, 4.69) is 16.0 Å². The summed E-state index contributed by atoms with van der Waals surface area (Å²) in [6.45, 7) is 4.38. The van der Waals surface area contributed by atoms with Crippen LogP contribution in [-0.2, 0) is 11.3 Å². The van der Waals surface area contributed by atoms with Crippen LogP contribution in [0.1, 0.15) is 16.8 Å². The van der Waals surface area contributed by atoms with Gasteiger partial charge >= 0.3 is 0 Å². The summed E-state index contributed by atoms with van der Waals surface area (Å²) < 4.78 is 5.01. The van der Waals surface area contributed by atoms with Gasteiger partial charge in [-0.05, 0) is 19.4 Å². The van der Waals surface area contributed by atoms with Gasteiger partial charge in [-0.1, -0.05) is 23.8 Å². The Morgan fingerprint density at radius 2 is 2.06 bits per heavy atom. The molecule has 0 bridgehead atoms. The number of methoxy groups -OCH3 is 1. The van der Waals surface area contributed by atoms with Gasteiger partial charge in [-0.3, -0.25) is 4.79 Å². The molecule has 0 saturated carbocycles. The summed E-state index contributed by atoms with van der Waals surface area (Å²) in [6, 6.07) is 7.50. The fourth-order valence-corrected chi connectivity index (χ4v) is 1.94. The third-order valence-corrected chi connectivity index (χ3v) is 2.72. The first-order valence-electron chi connectivity index (χ1n) is 5.77. The summed E-state index contributed by atoms with van der Waals surface area (Å²) in [5, 5.41) is 0. The van der Waals surface area contributed by atoms with Crippen LogP contribution < -0.4 is 5.56 Å². The molecule has 18 heavy (non-hydrogen) atoms. The summed E-state index contributed by atoms with van der Waals surface area (Å²) in [7, 11) is 1.58. The minimum absolute atomic E-state index is 0.160. The standard InChI is InChI=1S/C14H16N2O2/c1-9-4-5-12(10(2)6-9)14-15-11(8-18-3)7-13(17)16-14/h4-7H,8H2,1-3H3,(H,15,16,17). The second-order valence-electron chi connectivity index (χ2n) is 4.34. The van der Waals surface area contributed by atoms with Gasteiger partial charge in [-0.15, -0.1) is 0 Å². The molecule has 0 aliphatic carbocycles. The van der Waals surface area contributed by atoms with E-state index in [1.54, 1.807) is 7.11 Å². The Hall–Kier alpha value is -1.94. The molecule has 4 heteroatoms. The maximum Gasteiger partial charge on any atom is 0.251 e. The number of aryl methyl sites for hydroxylation is 2. The molecule has 0 aliphatic heterocycles.